The Labute approximate surface area is 167 Å². The van der Waals surface area contributed by atoms with Crippen molar-refractivity contribution in [1.29, 1.82) is 0 Å². The van der Waals surface area contributed by atoms with E-state index >= 15 is 0 Å². The minimum atomic E-state index is -3.60. The van der Waals surface area contributed by atoms with Crippen molar-refractivity contribution >= 4 is 33.0 Å². The summed E-state index contributed by atoms with van der Waals surface area (Å²) in [6.45, 7) is 0.963. The van der Waals surface area contributed by atoms with Crippen molar-refractivity contribution in [2.75, 3.05) is 31.4 Å². The van der Waals surface area contributed by atoms with Crippen LogP contribution in [0.4, 0.5) is 10.1 Å². The van der Waals surface area contributed by atoms with Crippen molar-refractivity contribution in [3.8, 4) is 5.75 Å². The predicted molar refractivity (Wildman–Crippen MR) is 103 cm³/mol. The average Bonchev–Trinajstić information content (AvgIpc) is 3.16. The van der Waals surface area contributed by atoms with E-state index in [4.69, 9.17) is 21.1 Å². The van der Waals surface area contributed by atoms with Crippen molar-refractivity contribution in [1.82, 2.24) is 0 Å². The topological polar surface area (TPSA) is 81.7 Å². The maximum atomic E-state index is 13.3. The third kappa shape index (κ3) is 4.63. The van der Waals surface area contributed by atoms with Crippen LogP contribution in [-0.4, -0.2) is 40.4 Å². The third-order valence-corrected chi connectivity index (χ3v) is 6.60. The Morgan fingerprint density at radius 3 is 2.75 bits per heavy atom. The lowest BCUT2D eigenvalue weighted by Gasteiger charge is -2.13. The number of halogens is 2. The summed E-state index contributed by atoms with van der Waals surface area (Å²) in [6.07, 6.45) is 0.689. The number of hydrogen-bond acceptors (Lipinski definition) is 5. The molecule has 1 amide bonds. The number of rotatable bonds is 6. The number of nitrogens with one attached hydrogen (secondary N) is 1. The van der Waals surface area contributed by atoms with Gasteiger partial charge in [0.1, 0.15) is 11.6 Å². The molecule has 0 bridgehead atoms. The summed E-state index contributed by atoms with van der Waals surface area (Å²) in [5, 5.41) is 2.43. The molecule has 1 fully saturated rings. The highest BCUT2D eigenvalue weighted by Gasteiger charge is 2.26. The van der Waals surface area contributed by atoms with Gasteiger partial charge in [-0.05, 0) is 48.7 Å². The van der Waals surface area contributed by atoms with Crippen LogP contribution in [-0.2, 0) is 14.6 Å². The molecule has 150 valence electrons. The molecule has 1 atom stereocenters. The van der Waals surface area contributed by atoms with Crippen LogP contribution in [0.5, 0.6) is 5.75 Å². The largest absolute Gasteiger partial charge is 0.496 e. The number of amides is 1. The van der Waals surface area contributed by atoms with Crippen molar-refractivity contribution in [3.63, 3.8) is 0 Å². The number of carbonyl (C=O) groups is 1. The van der Waals surface area contributed by atoms with Gasteiger partial charge in [-0.15, -0.1) is 0 Å². The van der Waals surface area contributed by atoms with Crippen molar-refractivity contribution in [2.45, 2.75) is 11.3 Å². The first-order valence-corrected chi connectivity index (χ1v) is 10.6. The summed E-state index contributed by atoms with van der Waals surface area (Å²) < 4.78 is 49.1. The SMILES string of the molecule is COc1ccc(S(=O)(=O)C[C@H]2CCOC2)cc1C(=O)Nc1ccc(F)c(Cl)c1. The fourth-order valence-corrected chi connectivity index (χ4v) is 4.78. The van der Waals surface area contributed by atoms with E-state index in [1.165, 1.54) is 37.4 Å². The van der Waals surface area contributed by atoms with E-state index in [2.05, 4.69) is 5.32 Å². The molecule has 9 heteroatoms. The molecule has 0 aromatic heterocycles. The highest BCUT2D eigenvalue weighted by Crippen LogP contribution is 2.27. The van der Waals surface area contributed by atoms with Gasteiger partial charge in [-0.25, -0.2) is 12.8 Å². The van der Waals surface area contributed by atoms with Gasteiger partial charge >= 0.3 is 0 Å². The Bertz CT molecular complexity index is 990. The van der Waals surface area contributed by atoms with Gasteiger partial charge in [0.05, 0.1) is 35.0 Å². The number of sulfone groups is 1. The van der Waals surface area contributed by atoms with Crippen LogP contribution in [0.25, 0.3) is 0 Å². The first-order chi connectivity index (χ1) is 13.3. The van der Waals surface area contributed by atoms with Gasteiger partial charge in [-0.1, -0.05) is 11.6 Å². The molecular weight excluding hydrogens is 409 g/mol. The molecule has 1 aliphatic rings. The van der Waals surface area contributed by atoms with E-state index < -0.39 is 21.6 Å². The van der Waals surface area contributed by atoms with Crippen molar-refractivity contribution in [2.24, 2.45) is 5.92 Å². The van der Waals surface area contributed by atoms with Crippen LogP contribution in [0.2, 0.25) is 5.02 Å². The monoisotopic (exact) mass is 427 g/mol. The fourth-order valence-electron chi connectivity index (χ4n) is 2.95. The zero-order chi connectivity index (χ0) is 20.3. The second kappa shape index (κ2) is 8.46. The maximum Gasteiger partial charge on any atom is 0.259 e. The second-order valence-electron chi connectivity index (χ2n) is 6.46. The van der Waals surface area contributed by atoms with Crippen LogP contribution >= 0.6 is 11.6 Å². The third-order valence-electron chi connectivity index (χ3n) is 4.43. The zero-order valence-electron chi connectivity index (χ0n) is 15.1. The molecule has 2 aromatic rings. The van der Waals surface area contributed by atoms with E-state index in [1.54, 1.807) is 0 Å². The lowest BCUT2D eigenvalue weighted by molar-refractivity contribution is 0.102. The van der Waals surface area contributed by atoms with E-state index in [1.807, 2.05) is 0 Å². The number of benzene rings is 2. The first kappa shape index (κ1) is 20.6. The Morgan fingerprint density at radius 1 is 1.32 bits per heavy atom. The predicted octanol–water partition coefficient (Wildman–Crippen LogP) is 3.55. The van der Waals surface area contributed by atoms with Gasteiger partial charge in [0.15, 0.2) is 9.84 Å². The van der Waals surface area contributed by atoms with Gasteiger partial charge in [0, 0.05) is 12.3 Å². The molecule has 3 rings (SSSR count). The van der Waals surface area contributed by atoms with Crippen molar-refractivity contribution in [3.05, 3.63) is 52.8 Å². The number of hydrogen-bond donors (Lipinski definition) is 1. The van der Waals surface area contributed by atoms with Gasteiger partial charge in [-0.2, -0.15) is 0 Å². The van der Waals surface area contributed by atoms with Gasteiger partial charge in [-0.3, -0.25) is 4.79 Å². The normalized spacial score (nSPS) is 16.8. The van der Waals surface area contributed by atoms with Crippen LogP contribution in [0.15, 0.2) is 41.3 Å². The zero-order valence-corrected chi connectivity index (χ0v) is 16.6. The summed E-state index contributed by atoms with van der Waals surface area (Å²) in [4.78, 5) is 12.7. The summed E-state index contributed by atoms with van der Waals surface area (Å²) in [5.41, 5.74) is 0.321. The molecule has 0 saturated carbocycles. The van der Waals surface area contributed by atoms with Crippen LogP contribution in [0, 0.1) is 11.7 Å². The van der Waals surface area contributed by atoms with E-state index in [9.17, 15) is 17.6 Å². The van der Waals surface area contributed by atoms with Gasteiger partial charge in [0.25, 0.3) is 5.91 Å². The molecule has 0 spiro atoms. The van der Waals surface area contributed by atoms with Crippen molar-refractivity contribution < 1.29 is 27.1 Å². The number of anilines is 1. The van der Waals surface area contributed by atoms with Gasteiger partial charge in [0.2, 0.25) is 0 Å². The molecule has 28 heavy (non-hydrogen) atoms. The molecule has 1 heterocycles. The molecule has 1 aliphatic heterocycles. The molecule has 0 radical (unpaired) electrons. The number of methoxy groups -OCH3 is 1. The summed E-state index contributed by atoms with van der Waals surface area (Å²) in [5.74, 6) is -1.10. The second-order valence-corrected chi connectivity index (χ2v) is 8.90. The molecule has 1 N–H and O–H groups in total. The molecule has 0 unspecified atom stereocenters. The molecule has 6 nitrogen and oxygen atoms in total. The van der Waals surface area contributed by atoms with Crippen LogP contribution < -0.4 is 10.1 Å². The Hall–Kier alpha value is -2.16. The quantitative estimate of drug-likeness (QED) is 0.762. The number of ether oxygens (including phenoxy) is 2. The summed E-state index contributed by atoms with van der Waals surface area (Å²) >= 11 is 5.73. The highest BCUT2D eigenvalue weighted by atomic mass is 35.5. The molecule has 2 aromatic carbocycles. The van der Waals surface area contributed by atoms with Gasteiger partial charge < -0.3 is 14.8 Å². The lowest BCUT2D eigenvalue weighted by Crippen LogP contribution is -2.18. The summed E-state index contributed by atoms with van der Waals surface area (Å²) in [6, 6.07) is 7.87. The minimum absolute atomic E-state index is 0.0301. The van der Waals surface area contributed by atoms with E-state index in [0.717, 1.165) is 6.07 Å². The average molecular weight is 428 g/mol. The fraction of sp³-hybridized carbons (Fsp3) is 0.316. The standard InChI is InChI=1S/C19H19ClFNO5S/c1-26-18-5-3-14(28(24,25)11-12-6-7-27-10-12)9-15(18)19(23)22-13-2-4-17(21)16(20)8-13/h2-5,8-9,12H,6-7,10-11H2,1H3,(H,22,23)/t12-/m0/s1. The Kier molecular flexibility index (Phi) is 6.22. The van der Waals surface area contributed by atoms with Crippen LogP contribution in [0.3, 0.4) is 0 Å². The van der Waals surface area contributed by atoms with E-state index in [0.29, 0.717) is 19.6 Å². The minimum Gasteiger partial charge on any atom is -0.496 e. The van der Waals surface area contributed by atoms with E-state index in [-0.39, 0.29) is 38.6 Å². The summed E-state index contributed by atoms with van der Waals surface area (Å²) in [7, 11) is -2.22. The molecule has 1 saturated heterocycles. The highest BCUT2D eigenvalue weighted by molar-refractivity contribution is 7.91. The maximum absolute atomic E-state index is 13.3. The smallest absolute Gasteiger partial charge is 0.259 e. The van der Waals surface area contributed by atoms with Crippen LogP contribution in [0.1, 0.15) is 16.8 Å². The number of carbonyl (C=O) groups excluding carboxylic acids is 1. The molecular formula is C19H19ClFNO5S. The lowest BCUT2D eigenvalue weighted by atomic mass is 10.1. The molecule has 0 aliphatic carbocycles. The Balaban J connectivity index is 1.87. The first-order valence-electron chi connectivity index (χ1n) is 8.55. The Morgan fingerprint density at radius 2 is 2.11 bits per heavy atom.